The van der Waals surface area contributed by atoms with Crippen LogP contribution in [0.4, 0.5) is 0 Å². The van der Waals surface area contributed by atoms with Crippen LogP contribution in [0, 0.1) is 0 Å². The molecule has 0 aliphatic rings. The lowest BCUT2D eigenvalue weighted by molar-refractivity contribution is 0.355. The van der Waals surface area contributed by atoms with Crippen molar-refractivity contribution in [1.82, 2.24) is 15.0 Å². The Balaban J connectivity index is 1.76. The molecule has 4 rings (SSSR count). The number of benzene rings is 2. The van der Waals surface area contributed by atoms with E-state index in [1.54, 1.807) is 45.7 Å². The Labute approximate surface area is 172 Å². The number of nitrogens with one attached hydrogen (secondary N) is 1. The Morgan fingerprint density at radius 1 is 0.867 bits per heavy atom. The molecule has 0 unspecified atom stereocenters. The van der Waals surface area contributed by atoms with E-state index in [0.717, 1.165) is 16.5 Å². The first-order valence-corrected chi connectivity index (χ1v) is 9.22. The highest BCUT2D eigenvalue weighted by molar-refractivity contribution is 5.86. The van der Waals surface area contributed by atoms with Crippen molar-refractivity contribution in [3.63, 3.8) is 0 Å². The Morgan fingerprint density at radius 3 is 2.30 bits per heavy atom. The van der Waals surface area contributed by atoms with Gasteiger partial charge in [0.1, 0.15) is 22.8 Å². The number of aromatic nitrogens is 3. The van der Waals surface area contributed by atoms with Crippen molar-refractivity contribution >= 4 is 21.8 Å². The minimum absolute atomic E-state index is 0.243. The fourth-order valence-corrected chi connectivity index (χ4v) is 3.40. The number of nitrogens with zero attached hydrogens (tertiary/aromatic N) is 2. The van der Waals surface area contributed by atoms with Gasteiger partial charge in [-0.1, -0.05) is 0 Å². The summed E-state index contributed by atoms with van der Waals surface area (Å²) in [5, 5.41) is 1.31. The van der Waals surface area contributed by atoms with Gasteiger partial charge in [0.2, 0.25) is 0 Å². The Kier molecular flexibility index (Phi) is 5.14. The van der Waals surface area contributed by atoms with E-state index in [2.05, 4.69) is 15.0 Å². The van der Waals surface area contributed by atoms with Gasteiger partial charge in [0.15, 0.2) is 11.5 Å². The van der Waals surface area contributed by atoms with Crippen molar-refractivity contribution in [2.24, 2.45) is 0 Å². The Hall–Kier alpha value is -3.81. The highest BCUT2D eigenvalue weighted by Gasteiger charge is 2.12. The number of methoxy groups -OCH3 is 4. The highest BCUT2D eigenvalue weighted by Crippen LogP contribution is 2.31. The highest BCUT2D eigenvalue weighted by atomic mass is 16.5. The van der Waals surface area contributed by atoms with Crippen LogP contribution in [0.15, 0.2) is 41.3 Å². The van der Waals surface area contributed by atoms with E-state index in [0.29, 0.717) is 46.1 Å². The van der Waals surface area contributed by atoms with Gasteiger partial charge in [0.05, 0.1) is 39.3 Å². The number of hydrogen-bond donors (Lipinski definition) is 1. The number of ether oxygens (including phenoxy) is 4. The van der Waals surface area contributed by atoms with Crippen LogP contribution < -0.4 is 24.5 Å². The monoisotopic (exact) mass is 407 g/mol. The molecule has 0 aliphatic carbocycles. The molecule has 8 heteroatoms. The van der Waals surface area contributed by atoms with Gasteiger partial charge in [-0.2, -0.15) is 0 Å². The van der Waals surface area contributed by atoms with Crippen LogP contribution in [0.2, 0.25) is 0 Å². The van der Waals surface area contributed by atoms with Gasteiger partial charge in [-0.15, -0.1) is 0 Å². The van der Waals surface area contributed by atoms with Gasteiger partial charge in [0, 0.05) is 30.1 Å². The van der Waals surface area contributed by atoms with Crippen molar-refractivity contribution < 1.29 is 18.9 Å². The maximum Gasteiger partial charge on any atom is 0.258 e. The SMILES string of the molecule is COc1cc(OC)c2ncc(Cc3nc4cc(OC)c(OC)cc4c(=O)[nH]3)cc2c1. The van der Waals surface area contributed by atoms with Crippen molar-refractivity contribution in [1.29, 1.82) is 0 Å². The van der Waals surface area contributed by atoms with Crippen LogP contribution in [0.1, 0.15) is 11.4 Å². The van der Waals surface area contributed by atoms with Crippen molar-refractivity contribution in [2.45, 2.75) is 6.42 Å². The summed E-state index contributed by atoms with van der Waals surface area (Å²) in [6.07, 6.45) is 2.15. The molecule has 30 heavy (non-hydrogen) atoms. The van der Waals surface area contributed by atoms with Crippen LogP contribution in [0.25, 0.3) is 21.8 Å². The zero-order valence-electron chi connectivity index (χ0n) is 17.1. The molecule has 0 aliphatic heterocycles. The molecule has 0 saturated heterocycles. The third kappa shape index (κ3) is 3.47. The van der Waals surface area contributed by atoms with E-state index in [4.69, 9.17) is 18.9 Å². The number of rotatable bonds is 6. The second kappa shape index (κ2) is 7.90. The van der Waals surface area contributed by atoms with Crippen molar-refractivity contribution in [2.75, 3.05) is 28.4 Å². The quantitative estimate of drug-likeness (QED) is 0.525. The molecule has 1 N–H and O–H groups in total. The second-order valence-corrected chi connectivity index (χ2v) is 6.66. The normalized spacial score (nSPS) is 10.9. The second-order valence-electron chi connectivity index (χ2n) is 6.66. The molecule has 0 atom stereocenters. The summed E-state index contributed by atoms with van der Waals surface area (Å²) in [4.78, 5) is 24.6. The molecule has 2 heterocycles. The standard InChI is InChI=1S/C22H21N3O5/c1-27-14-7-13-5-12(11-23-21(13)19(8-14)30-4)6-20-24-16-10-18(29-3)17(28-2)9-15(16)22(26)25-20/h5,7-11H,6H2,1-4H3,(H,24,25,26). The van der Waals surface area contributed by atoms with E-state index in [1.165, 1.54) is 7.11 Å². The minimum Gasteiger partial charge on any atom is -0.497 e. The fourth-order valence-electron chi connectivity index (χ4n) is 3.40. The third-order valence-electron chi connectivity index (χ3n) is 4.87. The lowest BCUT2D eigenvalue weighted by atomic mass is 10.1. The summed E-state index contributed by atoms with van der Waals surface area (Å²) in [6, 6.07) is 8.98. The van der Waals surface area contributed by atoms with Crippen molar-refractivity contribution in [3.05, 3.63) is 58.3 Å². The van der Waals surface area contributed by atoms with Gasteiger partial charge in [-0.25, -0.2) is 4.98 Å². The summed E-state index contributed by atoms with van der Waals surface area (Å²) >= 11 is 0. The first-order chi connectivity index (χ1) is 14.6. The van der Waals surface area contributed by atoms with Crippen molar-refractivity contribution in [3.8, 4) is 23.0 Å². The molecule has 8 nitrogen and oxygen atoms in total. The van der Waals surface area contributed by atoms with E-state index in [9.17, 15) is 4.79 Å². The number of H-pyrrole nitrogens is 1. The van der Waals surface area contributed by atoms with E-state index >= 15 is 0 Å². The number of hydrogen-bond acceptors (Lipinski definition) is 7. The van der Waals surface area contributed by atoms with Crippen LogP contribution in [0.5, 0.6) is 23.0 Å². The summed E-state index contributed by atoms with van der Waals surface area (Å²) in [7, 11) is 6.26. The Morgan fingerprint density at radius 2 is 1.60 bits per heavy atom. The molecular weight excluding hydrogens is 386 g/mol. The van der Waals surface area contributed by atoms with Gasteiger partial charge < -0.3 is 23.9 Å². The molecule has 0 spiro atoms. The Bertz CT molecular complexity index is 1300. The van der Waals surface area contributed by atoms with Crippen LogP contribution in [-0.2, 0) is 6.42 Å². The fraction of sp³-hybridized carbons (Fsp3) is 0.227. The maximum absolute atomic E-state index is 12.6. The van der Waals surface area contributed by atoms with Gasteiger partial charge in [-0.3, -0.25) is 9.78 Å². The summed E-state index contributed by atoms with van der Waals surface area (Å²) in [6.45, 7) is 0. The summed E-state index contributed by atoms with van der Waals surface area (Å²) < 4.78 is 21.3. The average molecular weight is 407 g/mol. The van der Waals surface area contributed by atoms with Crippen LogP contribution >= 0.6 is 0 Å². The van der Waals surface area contributed by atoms with E-state index < -0.39 is 0 Å². The molecule has 0 amide bonds. The minimum atomic E-state index is -0.243. The molecule has 0 fully saturated rings. The molecule has 0 radical (unpaired) electrons. The number of fused-ring (bicyclic) bond motifs is 2. The summed E-state index contributed by atoms with van der Waals surface area (Å²) in [5.41, 5.74) is 1.91. The predicted octanol–water partition coefficient (Wildman–Crippen LogP) is 3.10. The van der Waals surface area contributed by atoms with E-state index in [-0.39, 0.29) is 5.56 Å². The summed E-state index contributed by atoms with van der Waals surface area (Å²) in [5.74, 6) is 2.83. The molecule has 2 aromatic carbocycles. The van der Waals surface area contributed by atoms with Gasteiger partial charge in [0.25, 0.3) is 5.56 Å². The molecule has 154 valence electrons. The largest absolute Gasteiger partial charge is 0.497 e. The zero-order valence-corrected chi connectivity index (χ0v) is 17.1. The van der Waals surface area contributed by atoms with Gasteiger partial charge in [-0.05, 0) is 23.8 Å². The molecule has 0 saturated carbocycles. The molecule has 2 aromatic heterocycles. The first kappa shape index (κ1) is 19.5. The average Bonchev–Trinajstić information content (AvgIpc) is 2.77. The molecule has 4 aromatic rings. The number of pyridine rings is 1. The predicted molar refractivity (Wildman–Crippen MR) is 113 cm³/mol. The van der Waals surface area contributed by atoms with Crippen LogP contribution in [0.3, 0.4) is 0 Å². The lowest BCUT2D eigenvalue weighted by Crippen LogP contribution is -2.12. The first-order valence-electron chi connectivity index (χ1n) is 9.22. The topological polar surface area (TPSA) is 95.6 Å². The smallest absolute Gasteiger partial charge is 0.258 e. The zero-order chi connectivity index (χ0) is 21.3. The van der Waals surface area contributed by atoms with Gasteiger partial charge >= 0.3 is 0 Å². The maximum atomic E-state index is 12.6. The third-order valence-corrected chi connectivity index (χ3v) is 4.87. The molecule has 0 bridgehead atoms. The number of aromatic amines is 1. The van der Waals surface area contributed by atoms with Crippen LogP contribution in [-0.4, -0.2) is 43.4 Å². The van der Waals surface area contributed by atoms with E-state index in [1.807, 2.05) is 12.1 Å². The lowest BCUT2D eigenvalue weighted by Gasteiger charge is -2.10. The molecular formula is C22H21N3O5.